The van der Waals surface area contributed by atoms with E-state index in [-0.39, 0.29) is 0 Å². The van der Waals surface area contributed by atoms with Crippen molar-refractivity contribution in [3.63, 3.8) is 0 Å². The number of benzene rings is 2. The lowest BCUT2D eigenvalue weighted by atomic mass is 10.0. The van der Waals surface area contributed by atoms with Crippen molar-refractivity contribution in [1.29, 1.82) is 0 Å². The maximum absolute atomic E-state index is 3.94. The van der Waals surface area contributed by atoms with Crippen LogP contribution in [0.2, 0.25) is 0 Å². The molecule has 2 aromatic carbocycles. The van der Waals surface area contributed by atoms with E-state index in [9.17, 15) is 0 Å². The lowest BCUT2D eigenvalue weighted by Gasteiger charge is -2.05. The average molecular weight is 345 g/mol. The molecule has 0 aliphatic rings. The van der Waals surface area contributed by atoms with Crippen molar-refractivity contribution < 1.29 is 0 Å². The summed E-state index contributed by atoms with van der Waals surface area (Å²) in [5, 5.41) is 0. The molecule has 0 unspecified atom stereocenters. The molecule has 26 heavy (non-hydrogen) atoms. The molecule has 0 aromatic heterocycles. The summed E-state index contributed by atoms with van der Waals surface area (Å²) in [4.78, 5) is 0. The highest BCUT2D eigenvalue weighted by atomic mass is 14.0. The lowest BCUT2D eigenvalue weighted by molar-refractivity contribution is 0.799. The van der Waals surface area contributed by atoms with E-state index in [1.165, 1.54) is 40.7 Å². The first-order valence-corrected chi connectivity index (χ1v) is 9.37. The summed E-state index contributed by atoms with van der Waals surface area (Å²) in [5.41, 5.74) is 10.5. The van der Waals surface area contributed by atoms with Crippen molar-refractivity contribution in [3.8, 4) is 11.1 Å². The molecule has 0 aliphatic heterocycles. The first kappa shape index (κ1) is 21.5. The molecule has 0 atom stereocenters. The third-order valence-corrected chi connectivity index (χ3v) is 4.10. The number of aryl methyl sites for hydroxylation is 1. The Morgan fingerprint density at radius 1 is 1.08 bits per heavy atom. The van der Waals surface area contributed by atoms with Crippen LogP contribution in [0.25, 0.3) is 16.7 Å². The van der Waals surface area contributed by atoms with Crippen LogP contribution in [0.15, 0.2) is 85.1 Å². The maximum Gasteiger partial charge on any atom is -0.00697 e. The van der Waals surface area contributed by atoms with Gasteiger partial charge in [0.25, 0.3) is 0 Å². The van der Waals surface area contributed by atoms with Crippen molar-refractivity contribution in [1.82, 2.24) is 0 Å². The van der Waals surface area contributed by atoms with E-state index in [0.29, 0.717) is 0 Å². The number of allylic oxidation sites excluding steroid dienone is 3. The molecule has 0 heterocycles. The minimum absolute atomic E-state index is 1.11. The second-order valence-electron chi connectivity index (χ2n) is 6.49. The van der Waals surface area contributed by atoms with E-state index in [1.54, 1.807) is 0 Å². The highest BCUT2D eigenvalue weighted by Crippen LogP contribution is 2.22. The molecule has 0 saturated heterocycles. The van der Waals surface area contributed by atoms with E-state index >= 15 is 0 Å². The molecule has 0 spiro atoms. The molecule has 0 nitrogen and oxygen atoms in total. The smallest absolute Gasteiger partial charge is 0.00697 e. The van der Waals surface area contributed by atoms with Crippen LogP contribution in [0.4, 0.5) is 0 Å². The molecule has 2 aromatic rings. The quantitative estimate of drug-likeness (QED) is 0.366. The van der Waals surface area contributed by atoms with Crippen LogP contribution in [-0.2, 0) is 0 Å². The molecule has 0 bridgehead atoms. The molecule has 0 radical (unpaired) electrons. The van der Waals surface area contributed by atoms with Gasteiger partial charge in [0.15, 0.2) is 0 Å². The zero-order chi connectivity index (χ0) is 19.4. The fourth-order valence-electron chi connectivity index (χ4n) is 2.56. The number of hydrogen-bond acceptors (Lipinski definition) is 0. The summed E-state index contributed by atoms with van der Waals surface area (Å²) in [6, 6.07) is 17.1. The predicted molar refractivity (Wildman–Crippen MR) is 118 cm³/mol. The molecule has 0 N–H and O–H groups in total. The van der Waals surface area contributed by atoms with E-state index in [0.717, 1.165) is 12.0 Å². The summed E-state index contributed by atoms with van der Waals surface area (Å²) in [6.45, 7) is 16.0. The summed E-state index contributed by atoms with van der Waals surface area (Å²) in [6.07, 6.45) is 7.41. The highest BCUT2D eigenvalue weighted by molar-refractivity contribution is 5.68. The Morgan fingerprint density at radius 3 is 2.27 bits per heavy atom. The molecule has 136 valence electrons. The van der Waals surface area contributed by atoms with Gasteiger partial charge < -0.3 is 0 Å². The fourth-order valence-corrected chi connectivity index (χ4v) is 2.56. The summed E-state index contributed by atoms with van der Waals surface area (Å²) in [7, 11) is 0. The summed E-state index contributed by atoms with van der Waals surface area (Å²) in [5.74, 6) is 0. The SMILES string of the molecule is C=C(C)c1ccc(-c2cccc(C)c2)cc1.C=CC(=C=CC)CCCC. The zero-order valence-corrected chi connectivity index (χ0v) is 16.8. The summed E-state index contributed by atoms with van der Waals surface area (Å²) < 4.78 is 0. The van der Waals surface area contributed by atoms with E-state index < -0.39 is 0 Å². The predicted octanol–water partition coefficient (Wildman–Crippen LogP) is 8.16. The van der Waals surface area contributed by atoms with Gasteiger partial charge in [-0.2, -0.15) is 0 Å². The van der Waals surface area contributed by atoms with Gasteiger partial charge in [-0.05, 0) is 62.0 Å². The third-order valence-electron chi connectivity index (χ3n) is 4.10. The van der Waals surface area contributed by atoms with E-state index in [1.807, 2.05) is 26.0 Å². The van der Waals surface area contributed by atoms with Crippen LogP contribution in [0.3, 0.4) is 0 Å². The van der Waals surface area contributed by atoms with E-state index in [4.69, 9.17) is 0 Å². The molecule has 0 amide bonds. The Balaban J connectivity index is 0.000000294. The van der Waals surface area contributed by atoms with Gasteiger partial charge in [-0.25, -0.2) is 0 Å². The van der Waals surface area contributed by atoms with Crippen LogP contribution in [0.1, 0.15) is 51.2 Å². The van der Waals surface area contributed by atoms with Crippen molar-refractivity contribution in [2.24, 2.45) is 0 Å². The standard InChI is InChI=1S/C16H16.C10H16/c1-12(2)14-7-9-15(10-8-14)16-6-4-5-13(3)11-16;1-4-7-9-10(6-3)8-5-2/h4-11H,1H2,2-3H3;5-6H,3-4,7,9H2,1-2H3. The lowest BCUT2D eigenvalue weighted by Crippen LogP contribution is -1.81. The van der Waals surface area contributed by atoms with Crippen LogP contribution >= 0.6 is 0 Å². The topological polar surface area (TPSA) is 0 Å². The molecular weight excluding hydrogens is 312 g/mol. The highest BCUT2D eigenvalue weighted by Gasteiger charge is 1.98. The van der Waals surface area contributed by atoms with Gasteiger partial charge in [-0.3, -0.25) is 0 Å². The maximum atomic E-state index is 3.94. The monoisotopic (exact) mass is 344 g/mol. The third kappa shape index (κ3) is 7.55. The van der Waals surface area contributed by atoms with Crippen molar-refractivity contribution >= 4 is 5.57 Å². The minimum atomic E-state index is 1.11. The van der Waals surface area contributed by atoms with Gasteiger partial charge in [0.05, 0.1) is 0 Å². The molecule has 0 heteroatoms. The van der Waals surface area contributed by atoms with Gasteiger partial charge in [-0.1, -0.05) is 92.2 Å². The van der Waals surface area contributed by atoms with Crippen LogP contribution < -0.4 is 0 Å². The van der Waals surface area contributed by atoms with E-state index in [2.05, 4.69) is 81.3 Å². The van der Waals surface area contributed by atoms with Crippen molar-refractivity contribution in [2.75, 3.05) is 0 Å². The van der Waals surface area contributed by atoms with Crippen LogP contribution in [0.5, 0.6) is 0 Å². The first-order chi connectivity index (χ1) is 12.5. The van der Waals surface area contributed by atoms with Gasteiger partial charge >= 0.3 is 0 Å². The Morgan fingerprint density at radius 2 is 1.77 bits per heavy atom. The number of rotatable bonds is 6. The average Bonchev–Trinajstić information content (AvgIpc) is 2.65. The zero-order valence-electron chi connectivity index (χ0n) is 16.8. The Labute approximate surface area is 160 Å². The Hall–Kier alpha value is -2.56. The molecular formula is C26H32. The minimum Gasteiger partial charge on any atom is -0.122 e. The van der Waals surface area contributed by atoms with Gasteiger partial charge in [0.2, 0.25) is 0 Å². The molecule has 0 aliphatic carbocycles. The normalized spacial score (nSPS) is 9.38. The van der Waals surface area contributed by atoms with Crippen LogP contribution in [-0.4, -0.2) is 0 Å². The Kier molecular flexibility index (Phi) is 9.83. The first-order valence-electron chi connectivity index (χ1n) is 9.37. The summed E-state index contributed by atoms with van der Waals surface area (Å²) >= 11 is 0. The largest absolute Gasteiger partial charge is 0.122 e. The molecule has 2 rings (SSSR count). The number of unbranched alkanes of at least 4 members (excludes halogenated alkanes) is 1. The second-order valence-corrected chi connectivity index (χ2v) is 6.49. The van der Waals surface area contributed by atoms with Gasteiger partial charge in [0.1, 0.15) is 0 Å². The second kappa shape index (κ2) is 11.9. The van der Waals surface area contributed by atoms with Crippen molar-refractivity contribution in [3.05, 3.63) is 96.3 Å². The molecule has 0 saturated carbocycles. The molecule has 0 fully saturated rings. The van der Waals surface area contributed by atoms with Crippen molar-refractivity contribution in [2.45, 2.75) is 47.0 Å². The van der Waals surface area contributed by atoms with Gasteiger partial charge in [-0.15, -0.1) is 5.73 Å². The Bertz CT molecular complexity index is 766. The fraction of sp³-hybridized carbons (Fsp3) is 0.269. The number of hydrogen-bond donors (Lipinski definition) is 0. The van der Waals surface area contributed by atoms with Gasteiger partial charge in [0, 0.05) is 0 Å². The van der Waals surface area contributed by atoms with Crippen LogP contribution in [0, 0.1) is 6.92 Å².